The van der Waals surface area contributed by atoms with E-state index in [4.69, 9.17) is 9.63 Å². The molecular weight excluding hydrogens is 212 g/mol. The van der Waals surface area contributed by atoms with Crippen LogP contribution in [0.3, 0.4) is 0 Å². The Morgan fingerprint density at radius 2 is 1.94 bits per heavy atom. The molecule has 0 bridgehead atoms. The number of carbonyl (C=O) groups is 2. The number of hydrogen-bond donors (Lipinski definition) is 1. The van der Waals surface area contributed by atoms with Crippen molar-refractivity contribution in [3.63, 3.8) is 0 Å². The predicted octanol–water partition coefficient (Wildman–Crippen LogP) is 1.16. The van der Waals surface area contributed by atoms with E-state index in [0.29, 0.717) is 13.1 Å². The lowest BCUT2D eigenvalue weighted by atomic mass is 10.2. The fourth-order valence-corrected chi connectivity index (χ4v) is 1.42. The van der Waals surface area contributed by atoms with E-state index >= 15 is 0 Å². The predicted molar refractivity (Wildman–Crippen MR) is 55.5 cm³/mol. The van der Waals surface area contributed by atoms with Crippen molar-refractivity contribution < 1.29 is 19.2 Å². The zero-order chi connectivity index (χ0) is 12.3. The van der Waals surface area contributed by atoms with Gasteiger partial charge in [0.05, 0.1) is 5.69 Å². The van der Waals surface area contributed by atoms with Gasteiger partial charge in [-0.3, -0.25) is 4.79 Å². The summed E-state index contributed by atoms with van der Waals surface area (Å²) in [5, 5.41) is 12.4. The summed E-state index contributed by atoms with van der Waals surface area (Å²) >= 11 is 0. The van der Waals surface area contributed by atoms with E-state index in [1.165, 1.54) is 11.8 Å². The number of aromatic carboxylic acids is 1. The maximum atomic E-state index is 11.9. The maximum absolute atomic E-state index is 11.9. The first kappa shape index (κ1) is 12.2. The zero-order valence-electron chi connectivity index (χ0n) is 9.48. The van der Waals surface area contributed by atoms with Gasteiger partial charge < -0.3 is 14.5 Å². The van der Waals surface area contributed by atoms with E-state index in [0.717, 1.165) is 0 Å². The molecule has 1 heterocycles. The summed E-state index contributed by atoms with van der Waals surface area (Å²) in [5.41, 5.74) is 0.0555. The first-order valence-corrected chi connectivity index (χ1v) is 5.01. The lowest BCUT2D eigenvalue weighted by molar-refractivity contribution is 0.0663. The van der Waals surface area contributed by atoms with E-state index in [9.17, 15) is 9.59 Å². The standard InChI is InChI=1S/C10H14N2O4/c1-4-12(5-2)9(13)8-7(10(14)15)6(3)11-16-8/h4-5H2,1-3H3,(H,14,15). The van der Waals surface area contributed by atoms with Gasteiger partial charge in [0.15, 0.2) is 0 Å². The van der Waals surface area contributed by atoms with Gasteiger partial charge in [-0.05, 0) is 20.8 Å². The fourth-order valence-electron chi connectivity index (χ4n) is 1.42. The molecule has 0 saturated heterocycles. The van der Waals surface area contributed by atoms with Gasteiger partial charge in [0, 0.05) is 13.1 Å². The molecule has 1 N–H and O–H groups in total. The molecule has 6 nitrogen and oxygen atoms in total. The number of aromatic nitrogens is 1. The second kappa shape index (κ2) is 4.78. The molecular formula is C10H14N2O4. The van der Waals surface area contributed by atoms with Gasteiger partial charge in [-0.2, -0.15) is 0 Å². The number of carboxylic acids is 1. The SMILES string of the molecule is CCN(CC)C(=O)c1onc(C)c1C(=O)O. The largest absolute Gasteiger partial charge is 0.477 e. The van der Waals surface area contributed by atoms with Crippen LogP contribution in [-0.2, 0) is 0 Å². The average Bonchev–Trinajstić information content (AvgIpc) is 2.61. The van der Waals surface area contributed by atoms with Crippen molar-refractivity contribution in [1.29, 1.82) is 0 Å². The minimum absolute atomic E-state index is 0.156. The van der Waals surface area contributed by atoms with Crippen LogP contribution < -0.4 is 0 Å². The molecule has 1 aromatic rings. The third-order valence-corrected chi connectivity index (χ3v) is 2.32. The minimum Gasteiger partial charge on any atom is -0.477 e. The molecule has 0 spiro atoms. The van der Waals surface area contributed by atoms with Gasteiger partial charge in [-0.1, -0.05) is 5.16 Å². The van der Waals surface area contributed by atoms with Crippen LogP contribution in [-0.4, -0.2) is 40.1 Å². The van der Waals surface area contributed by atoms with E-state index in [1.807, 2.05) is 13.8 Å². The van der Waals surface area contributed by atoms with Crippen molar-refractivity contribution in [2.45, 2.75) is 20.8 Å². The Bertz CT molecular complexity index is 407. The molecule has 6 heteroatoms. The maximum Gasteiger partial charge on any atom is 0.341 e. The van der Waals surface area contributed by atoms with Crippen molar-refractivity contribution in [1.82, 2.24) is 10.1 Å². The highest BCUT2D eigenvalue weighted by atomic mass is 16.5. The highest BCUT2D eigenvalue weighted by molar-refractivity contribution is 6.03. The number of amides is 1. The van der Waals surface area contributed by atoms with Crippen molar-refractivity contribution in [2.24, 2.45) is 0 Å². The Kier molecular flexibility index (Phi) is 3.65. The summed E-state index contributed by atoms with van der Waals surface area (Å²) in [6.45, 7) is 6.10. The van der Waals surface area contributed by atoms with Gasteiger partial charge in [0.25, 0.3) is 5.91 Å². The second-order valence-corrected chi connectivity index (χ2v) is 3.25. The number of aryl methyl sites for hydroxylation is 1. The molecule has 0 radical (unpaired) electrons. The Morgan fingerprint density at radius 3 is 2.38 bits per heavy atom. The Morgan fingerprint density at radius 1 is 1.38 bits per heavy atom. The van der Waals surface area contributed by atoms with Crippen molar-refractivity contribution in [3.05, 3.63) is 17.0 Å². The van der Waals surface area contributed by atoms with Crippen LogP contribution in [0.4, 0.5) is 0 Å². The molecule has 16 heavy (non-hydrogen) atoms. The second-order valence-electron chi connectivity index (χ2n) is 3.25. The summed E-state index contributed by atoms with van der Waals surface area (Å²) in [5.74, 6) is -1.84. The number of carbonyl (C=O) groups excluding carboxylic acids is 1. The molecule has 88 valence electrons. The van der Waals surface area contributed by atoms with Gasteiger partial charge in [-0.15, -0.1) is 0 Å². The van der Waals surface area contributed by atoms with Gasteiger partial charge in [0.1, 0.15) is 5.56 Å². The Hall–Kier alpha value is -1.85. The molecule has 0 unspecified atom stereocenters. The minimum atomic E-state index is -1.20. The van der Waals surface area contributed by atoms with Crippen molar-refractivity contribution in [2.75, 3.05) is 13.1 Å². The van der Waals surface area contributed by atoms with Crippen LogP contribution >= 0.6 is 0 Å². The molecule has 0 aliphatic carbocycles. The van der Waals surface area contributed by atoms with Gasteiger partial charge in [-0.25, -0.2) is 4.79 Å². The summed E-state index contributed by atoms with van der Waals surface area (Å²) in [7, 11) is 0. The smallest absolute Gasteiger partial charge is 0.341 e. The molecule has 0 aliphatic heterocycles. The summed E-state index contributed by atoms with van der Waals surface area (Å²) in [4.78, 5) is 24.3. The Balaban J connectivity index is 3.13. The normalized spacial score (nSPS) is 10.2. The molecule has 1 amide bonds. The summed E-state index contributed by atoms with van der Waals surface area (Å²) in [6, 6.07) is 0. The molecule has 0 atom stereocenters. The summed E-state index contributed by atoms with van der Waals surface area (Å²) < 4.78 is 4.78. The molecule has 0 aromatic carbocycles. The average molecular weight is 226 g/mol. The molecule has 0 aliphatic rings. The zero-order valence-corrected chi connectivity index (χ0v) is 9.48. The van der Waals surface area contributed by atoms with Crippen LogP contribution in [0.5, 0.6) is 0 Å². The van der Waals surface area contributed by atoms with E-state index in [-0.39, 0.29) is 17.0 Å². The highest BCUT2D eigenvalue weighted by Gasteiger charge is 2.27. The lowest BCUT2D eigenvalue weighted by Gasteiger charge is -2.16. The first-order chi connectivity index (χ1) is 7.52. The van der Waals surface area contributed by atoms with Crippen molar-refractivity contribution >= 4 is 11.9 Å². The fraction of sp³-hybridized carbons (Fsp3) is 0.500. The van der Waals surface area contributed by atoms with Gasteiger partial charge in [0.2, 0.25) is 5.76 Å². The van der Waals surface area contributed by atoms with E-state index in [1.54, 1.807) is 0 Å². The van der Waals surface area contributed by atoms with Crippen LogP contribution in [0.25, 0.3) is 0 Å². The van der Waals surface area contributed by atoms with Crippen molar-refractivity contribution in [3.8, 4) is 0 Å². The molecule has 0 saturated carbocycles. The topological polar surface area (TPSA) is 83.6 Å². The quantitative estimate of drug-likeness (QED) is 0.832. The van der Waals surface area contributed by atoms with Crippen LogP contribution in [0.1, 0.15) is 40.5 Å². The van der Waals surface area contributed by atoms with Crippen LogP contribution in [0.15, 0.2) is 4.52 Å². The monoisotopic (exact) mass is 226 g/mol. The molecule has 0 fully saturated rings. The van der Waals surface area contributed by atoms with E-state index < -0.39 is 11.9 Å². The first-order valence-electron chi connectivity index (χ1n) is 5.01. The lowest BCUT2D eigenvalue weighted by Crippen LogP contribution is -2.31. The molecule has 1 rings (SSSR count). The van der Waals surface area contributed by atoms with E-state index in [2.05, 4.69) is 5.16 Å². The summed E-state index contributed by atoms with van der Waals surface area (Å²) in [6.07, 6.45) is 0. The number of nitrogens with zero attached hydrogens (tertiary/aromatic N) is 2. The van der Waals surface area contributed by atoms with Crippen LogP contribution in [0.2, 0.25) is 0 Å². The number of hydrogen-bond acceptors (Lipinski definition) is 4. The van der Waals surface area contributed by atoms with Crippen LogP contribution in [0, 0.1) is 6.92 Å². The Labute approximate surface area is 92.8 Å². The van der Waals surface area contributed by atoms with Gasteiger partial charge >= 0.3 is 5.97 Å². The third-order valence-electron chi connectivity index (χ3n) is 2.32. The number of carboxylic acid groups (broad SMARTS) is 1. The highest BCUT2D eigenvalue weighted by Crippen LogP contribution is 2.15. The molecule has 1 aromatic heterocycles. The third kappa shape index (κ3) is 2.05. The number of rotatable bonds is 4.